The highest BCUT2D eigenvalue weighted by molar-refractivity contribution is 5.92. The molecule has 13 atom stereocenters. The van der Waals surface area contributed by atoms with E-state index < -0.39 is 113 Å². The molecule has 7 rings (SSSR count). The lowest BCUT2D eigenvalue weighted by Crippen LogP contribution is -2.67. The number of hydrogen-bond donors (Lipinski definition) is 7. The minimum absolute atomic E-state index is 0.0271. The molecular formula is C65H97N3O25. The lowest BCUT2D eigenvalue weighted by atomic mass is 9.51. The van der Waals surface area contributed by atoms with Crippen LogP contribution in [0.5, 0.6) is 5.75 Å². The average molecular weight is 1320 g/mol. The van der Waals surface area contributed by atoms with Gasteiger partial charge in [0.25, 0.3) is 0 Å². The highest BCUT2D eigenvalue weighted by atomic mass is 16.6. The average Bonchev–Trinajstić information content (AvgIpc) is 1.49. The van der Waals surface area contributed by atoms with Gasteiger partial charge < -0.3 is 108 Å². The number of hydrogen-bond acceptors (Lipinski definition) is 26. The number of carbonyl (C=O) groups is 6. The van der Waals surface area contributed by atoms with E-state index in [0.717, 1.165) is 11.6 Å². The van der Waals surface area contributed by atoms with E-state index in [9.17, 15) is 49.2 Å². The predicted octanol–water partition coefficient (Wildman–Crippen LogP) is 1.47. The van der Waals surface area contributed by atoms with Crippen molar-refractivity contribution >= 4 is 41.4 Å². The van der Waals surface area contributed by atoms with E-state index in [4.69, 9.17) is 76.8 Å². The minimum atomic E-state index is -1.62. The second-order valence-electron chi connectivity index (χ2n) is 24.2. The third-order valence-corrected chi connectivity index (χ3v) is 17.9. The number of cyclic esters (lactones) is 2. The molecule has 28 heteroatoms. The van der Waals surface area contributed by atoms with Crippen LogP contribution < -0.4 is 21.1 Å². The quantitative estimate of drug-likeness (QED) is 0.0163. The van der Waals surface area contributed by atoms with Gasteiger partial charge in [0.1, 0.15) is 55.0 Å². The van der Waals surface area contributed by atoms with Gasteiger partial charge in [0.15, 0.2) is 0 Å². The van der Waals surface area contributed by atoms with Crippen LogP contribution in [-0.2, 0) is 102 Å². The summed E-state index contributed by atoms with van der Waals surface area (Å²) in [6.07, 6.45) is 1.27. The zero-order valence-electron chi connectivity index (χ0n) is 53.8. The van der Waals surface area contributed by atoms with Gasteiger partial charge in [0.05, 0.1) is 155 Å². The second kappa shape index (κ2) is 38.3. The largest absolute Gasteiger partial charge is 0.485 e. The number of aliphatic hydroxyl groups is 4. The molecular weight excluding hydrogens is 1220 g/mol. The summed E-state index contributed by atoms with van der Waals surface area (Å²) in [6, 6.07) is 3.35. The fourth-order valence-electron chi connectivity index (χ4n) is 12.5. The lowest BCUT2D eigenvalue weighted by molar-refractivity contribution is -0.233. The van der Waals surface area contributed by atoms with Gasteiger partial charge in [-0.05, 0) is 62.6 Å². The van der Waals surface area contributed by atoms with Crippen LogP contribution in [0.2, 0.25) is 0 Å². The van der Waals surface area contributed by atoms with E-state index in [1.807, 2.05) is 19.9 Å². The summed E-state index contributed by atoms with van der Waals surface area (Å²) in [4.78, 5) is 80.4. The molecule has 2 amide bonds. The monoisotopic (exact) mass is 1320 g/mol. The third kappa shape index (κ3) is 21.5. The predicted molar refractivity (Wildman–Crippen MR) is 328 cm³/mol. The van der Waals surface area contributed by atoms with Gasteiger partial charge in [-0.15, -0.1) is 0 Å². The topological polar surface area (TPSA) is 375 Å². The molecule has 2 spiro atoms. The Kier molecular flexibility index (Phi) is 30.8. The smallest absolute Gasteiger partial charge is 0.331 e. The lowest BCUT2D eigenvalue weighted by Gasteiger charge is -2.58. The summed E-state index contributed by atoms with van der Waals surface area (Å²) in [5, 5.41) is 47.3. The zero-order chi connectivity index (χ0) is 66.6. The summed E-state index contributed by atoms with van der Waals surface area (Å²) in [5.41, 5.74) is 4.51. The Morgan fingerprint density at radius 1 is 0.710 bits per heavy atom. The van der Waals surface area contributed by atoms with Crippen LogP contribution in [0.4, 0.5) is 5.69 Å². The van der Waals surface area contributed by atoms with E-state index in [1.54, 1.807) is 13.0 Å². The third-order valence-electron chi connectivity index (χ3n) is 17.9. The number of anilines is 1. The number of amides is 2. The molecule has 8 N–H and O–H groups in total. The number of nitrogens with two attached hydrogens (primary N) is 1. The summed E-state index contributed by atoms with van der Waals surface area (Å²) < 4.78 is 86.3. The van der Waals surface area contributed by atoms with E-state index >= 15 is 0 Å². The molecule has 2 bridgehead atoms. The number of ether oxygens (including phenoxy) is 15. The molecule has 1 aromatic carbocycles. The Morgan fingerprint density at radius 2 is 1.31 bits per heavy atom. The molecule has 0 aromatic heterocycles. The molecule has 1 aromatic rings. The first-order chi connectivity index (χ1) is 44.9. The van der Waals surface area contributed by atoms with E-state index in [1.165, 1.54) is 30.4 Å². The van der Waals surface area contributed by atoms with Crippen LogP contribution in [0.1, 0.15) is 84.1 Å². The maximum atomic E-state index is 14.4. The molecule has 6 aliphatic rings. The number of carbonyl (C=O) groups excluding carboxylic acids is 6. The van der Waals surface area contributed by atoms with Crippen molar-refractivity contribution in [1.82, 2.24) is 5.32 Å². The van der Waals surface area contributed by atoms with E-state index in [0.29, 0.717) is 124 Å². The van der Waals surface area contributed by atoms with Crippen LogP contribution in [-0.4, -0.2) is 249 Å². The maximum absolute atomic E-state index is 14.4. The normalized spacial score (nSPS) is 30.2. The summed E-state index contributed by atoms with van der Waals surface area (Å²) in [5.74, 6) is -5.05. The first kappa shape index (κ1) is 74.8. The van der Waals surface area contributed by atoms with Crippen LogP contribution in [0.15, 0.2) is 54.2 Å². The van der Waals surface area contributed by atoms with Crippen LogP contribution >= 0.6 is 0 Å². The molecule has 2 saturated carbocycles. The SMILES string of the molecule is CC1=C[C@H]2O[C@@H]3C[C@H]4OC(=O)/C=C\C=C\C(=O)OCC[C@@H](C)[C@@H](NC(=O)CCCC(=O)OCc5ccc(O[C@@H]6C[C@H](CO)[C@H](O)[C@H](O)[C@H]6O)c(NC(=O)CCOCCOCCOCCOCCOCCOCCOCCOCCN)c5)C(=O)OC[C@@]2(CC1)[C@]4(C)[C@]31CO1. The molecule has 0 radical (unpaired) electrons. The molecule has 3 aliphatic carbocycles. The van der Waals surface area contributed by atoms with Gasteiger partial charge in [-0.3, -0.25) is 14.4 Å². The Balaban J connectivity index is 0.844. The molecule has 4 fully saturated rings. The van der Waals surface area contributed by atoms with Crippen molar-refractivity contribution in [2.75, 3.05) is 144 Å². The highest BCUT2D eigenvalue weighted by Gasteiger charge is 2.83. The van der Waals surface area contributed by atoms with Crippen molar-refractivity contribution < 1.29 is 120 Å². The first-order valence-electron chi connectivity index (χ1n) is 32.3. The van der Waals surface area contributed by atoms with E-state index in [2.05, 4.69) is 10.6 Å². The van der Waals surface area contributed by atoms with Crippen molar-refractivity contribution in [1.29, 1.82) is 0 Å². The fraction of sp³-hybridized carbons (Fsp3) is 0.723. The van der Waals surface area contributed by atoms with Crippen molar-refractivity contribution in [3.8, 4) is 5.75 Å². The van der Waals surface area contributed by atoms with Crippen molar-refractivity contribution in [3.05, 3.63) is 59.7 Å². The molecule has 28 nitrogen and oxygen atoms in total. The Bertz CT molecular complexity index is 2640. The molecule has 3 heterocycles. The highest BCUT2D eigenvalue weighted by Crippen LogP contribution is 2.72. The Morgan fingerprint density at radius 3 is 1.91 bits per heavy atom. The molecule has 3 aliphatic heterocycles. The van der Waals surface area contributed by atoms with Crippen LogP contribution in [0.3, 0.4) is 0 Å². The number of nitrogens with one attached hydrogen (secondary N) is 2. The van der Waals surface area contributed by atoms with Gasteiger partial charge in [0, 0.05) is 55.9 Å². The first-order valence-corrected chi connectivity index (χ1v) is 32.3. The molecule has 0 unspecified atom stereocenters. The fourth-order valence-corrected chi connectivity index (χ4v) is 12.5. The van der Waals surface area contributed by atoms with Gasteiger partial charge >= 0.3 is 23.9 Å². The van der Waals surface area contributed by atoms with Gasteiger partial charge in [-0.2, -0.15) is 0 Å². The van der Waals surface area contributed by atoms with Gasteiger partial charge in [-0.25, -0.2) is 14.4 Å². The zero-order valence-corrected chi connectivity index (χ0v) is 53.8. The maximum Gasteiger partial charge on any atom is 0.331 e. The number of epoxide rings is 1. The Hall–Kier alpha value is -5.54. The van der Waals surface area contributed by atoms with Crippen molar-refractivity contribution in [3.63, 3.8) is 0 Å². The molecule has 2 saturated heterocycles. The number of rotatable bonds is 37. The minimum Gasteiger partial charge on any atom is -0.485 e. The summed E-state index contributed by atoms with van der Waals surface area (Å²) in [6.45, 7) is 11.7. The van der Waals surface area contributed by atoms with Gasteiger partial charge in [-0.1, -0.05) is 43.7 Å². The van der Waals surface area contributed by atoms with Gasteiger partial charge in [0.2, 0.25) is 11.8 Å². The van der Waals surface area contributed by atoms with E-state index in [-0.39, 0.29) is 95.7 Å². The number of esters is 4. The van der Waals surface area contributed by atoms with Crippen LogP contribution in [0.25, 0.3) is 0 Å². The van der Waals surface area contributed by atoms with Crippen molar-refractivity contribution in [2.45, 2.75) is 140 Å². The number of benzene rings is 1. The standard InChI is InChI=1S/C65H97N3O25/c1-43-13-16-64-41-89-62(78)58(44(2)14-19-87-55(72)8-4-5-9-57(74)93-50-38-52(92-51(64)35-43)65(42-90-65)63(50,64)3)68-53(70)7-6-10-56(73)88-40-45-11-12-48(91-49-37-46(39-69)59(75)61(77)60(49)76)47(36-45)67-54(71)15-18-79-21-23-81-25-27-83-29-31-85-33-34-86-32-30-84-28-26-82-24-22-80-20-17-66/h4-5,8-9,11-12,35-36,44,46,49-52,58-61,69,75-77H,6-7,10,13-34,37-42,66H2,1-3H3,(H,67,71)(H,68,70)/b8-4+,9-5-/t44-,46-,49-,50-,51-,52-,58-,59+,60+,61+,63-,64-,65+/m1/s1. The van der Waals surface area contributed by atoms with Crippen molar-refractivity contribution in [2.24, 2.45) is 28.4 Å². The number of allylic oxidation sites excluding steroid dienone is 3. The Labute approximate surface area is 542 Å². The second-order valence-corrected chi connectivity index (χ2v) is 24.2. The summed E-state index contributed by atoms with van der Waals surface area (Å²) >= 11 is 0. The molecule has 93 heavy (non-hydrogen) atoms. The summed E-state index contributed by atoms with van der Waals surface area (Å²) in [7, 11) is 0. The van der Waals surface area contributed by atoms with Crippen LogP contribution in [0, 0.1) is 22.7 Å². The molecule has 522 valence electrons. The number of aliphatic hydroxyl groups excluding tert-OH is 4.